The number of allylic oxidation sites excluding steroid dienone is 1. The van der Waals surface area contributed by atoms with E-state index in [2.05, 4.69) is 109 Å². The largest absolute Gasteiger partial charge is 0.423 e. The average molecular weight is 492 g/mol. The van der Waals surface area contributed by atoms with Crippen LogP contribution in [0.2, 0.25) is 18.1 Å². The van der Waals surface area contributed by atoms with Gasteiger partial charge in [0.2, 0.25) is 0 Å². The Kier molecular flexibility index (Phi) is 7.66. The number of hydrogen-bond acceptors (Lipinski definition) is 2. The highest BCUT2D eigenvalue weighted by atomic mass is 28.4. The molecule has 0 fully saturated rings. The van der Waals surface area contributed by atoms with Crippen LogP contribution in [0.1, 0.15) is 63.8 Å². The molecule has 5 heteroatoms. The van der Waals surface area contributed by atoms with Crippen molar-refractivity contribution in [3.63, 3.8) is 0 Å². The second-order valence-electron chi connectivity index (χ2n) is 12.2. The van der Waals surface area contributed by atoms with Crippen molar-refractivity contribution in [2.75, 3.05) is 13.2 Å². The maximum Gasteiger partial charge on any atom is 0.423 e. The summed E-state index contributed by atoms with van der Waals surface area (Å²) in [5.74, 6) is 0. The molecule has 2 N–H and O–H groups in total. The van der Waals surface area contributed by atoms with E-state index < -0.39 is 8.32 Å². The molecule has 1 unspecified atom stereocenters. The number of nitrogens with zero attached hydrogens (tertiary/aromatic N) is 1. The van der Waals surface area contributed by atoms with Gasteiger partial charge in [-0.05, 0) is 52.7 Å². The van der Waals surface area contributed by atoms with Crippen LogP contribution in [0.4, 0.5) is 10.5 Å². The SMILES string of the molecule is CC(C)(C)c1ccc(C=CCc2ccc3c(c2)[N+](CCO[Si](C)(C)C(C)(C)C)(C(N)=O)C=C3)cc1. The van der Waals surface area contributed by atoms with Crippen LogP contribution in [-0.2, 0) is 16.3 Å². The van der Waals surface area contributed by atoms with Gasteiger partial charge in [0.15, 0.2) is 14.0 Å². The molecule has 1 aliphatic rings. The number of rotatable bonds is 7. The number of quaternary nitrogens is 1. The third-order valence-electron chi connectivity index (χ3n) is 7.58. The fourth-order valence-electron chi connectivity index (χ4n) is 4.07. The van der Waals surface area contributed by atoms with Gasteiger partial charge in [0.05, 0.1) is 6.61 Å². The van der Waals surface area contributed by atoms with Gasteiger partial charge in [-0.1, -0.05) is 84.0 Å². The summed E-state index contributed by atoms with van der Waals surface area (Å²) in [5, 5.41) is 0.121. The number of primary amides is 1. The minimum absolute atomic E-state index is 0.00970. The molecule has 3 rings (SSSR count). The third-order valence-corrected chi connectivity index (χ3v) is 12.1. The molecule has 2 amide bonds. The lowest BCUT2D eigenvalue weighted by atomic mass is 9.87. The molecule has 4 nitrogen and oxygen atoms in total. The minimum atomic E-state index is -1.91. The zero-order valence-corrected chi connectivity index (χ0v) is 23.8. The molecule has 0 aliphatic carbocycles. The molecule has 0 saturated heterocycles. The number of urea groups is 1. The summed E-state index contributed by atoms with van der Waals surface area (Å²) in [4.78, 5) is 12.7. The van der Waals surface area contributed by atoms with Gasteiger partial charge in [0, 0.05) is 17.7 Å². The lowest BCUT2D eigenvalue weighted by Crippen LogP contribution is -2.54. The van der Waals surface area contributed by atoms with E-state index in [4.69, 9.17) is 10.2 Å². The lowest BCUT2D eigenvalue weighted by Gasteiger charge is -2.37. The van der Waals surface area contributed by atoms with Crippen molar-refractivity contribution in [1.82, 2.24) is 4.48 Å². The zero-order chi connectivity index (χ0) is 26.1. The highest BCUT2D eigenvalue weighted by Gasteiger charge is 2.43. The van der Waals surface area contributed by atoms with Crippen molar-refractivity contribution in [1.29, 1.82) is 0 Å². The van der Waals surface area contributed by atoms with Gasteiger partial charge in [0.1, 0.15) is 12.7 Å². The fourth-order valence-corrected chi connectivity index (χ4v) is 5.11. The Balaban J connectivity index is 1.74. The van der Waals surface area contributed by atoms with E-state index in [9.17, 15) is 4.79 Å². The van der Waals surface area contributed by atoms with Crippen molar-refractivity contribution >= 4 is 32.2 Å². The normalized spacial score (nSPS) is 18.3. The number of fused-ring (bicyclic) bond motifs is 1. The van der Waals surface area contributed by atoms with Crippen LogP contribution in [0, 0.1) is 0 Å². The van der Waals surface area contributed by atoms with E-state index in [1.807, 2.05) is 12.3 Å². The summed E-state index contributed by atoms with van der Waals surface area (Å²) in [6, 6.07) is 14.7. The highest BCUT2D eigenvalue weighted by Crippen LogP contribution is 2.39. The Morgan fingerprint density at radius 3 is 2.26 bits per heavy atom. The topological polar surface area (TPSA) is 52.3 Å². The fraction of sp³-hybridized carbons (Fsp3) is 0.433. The highest BCUT2D eigenvalue weighted by molar-refractivity contribution is 6.74. The molecule has 35 heavy (non-hydrogen) atoms. The smallest absolute Gasteiger partial charge is 0.411 e. The number of amides is 2. The van der Waals surface area contributed by atoms with Crippen LogP contribution < -0.4 is 10.2 Å². The second kappa shape index (κ2) is 9.88. The van der Waals surface area contributed by atoms with Crippen molar-refractivity contribution in [2.24, 2.45) is 5.73 Å². The predicted molar refractivity (Wildman–Crippen MR) is 153 cm³/mol. The van der Waals surface area contributed by atoms with Crippen LogP contribution in [0.25, 0.3) is 12.2 Å². The van der Waals surface area contributed by atoms with Gasteiger partial charge in [-0.25, -0.2) is 4.79 Å². The molecule has 1 atom stereocenters. The molecule has 2 aromatic carbocycles. The maximum absolute atomic E-state index is 12.7. The molecule has 188 valence electrons. The predicted octanol–water partition coefficient (Wildman–Crippen LogP) is 7.63. The number of carbonyl (C=O) groups excluding carboxylic acids is 1. The van der Waals surface area contributed by atoms with E-state index in [0.29, 0.717) is 13.2 Å². The van der Waals surface area contributed by atoms with Crippen molar-refractivity contribution in [3.8, 4) is 0 Å². The summed E-state index contributed by atoms with van der Waals surface area (Å²) >= 11 is 0. The third kappa shape index (κ3) is 6.03. The molecule has 0 bridgehead atoms. The Morgan fingerprint density at radius 2 is 1.69 bits per heavy atom. The van der Waals surface area contributed by atoms with Crippen LogP contribution >= 0.6 is 0 Å². The molecule has 1 heterocycles. The molecule has 0 spiro atoms. The van der Waals surface area contributed by atoms with Gasteiger partial charge < -0.3 is 10.2 Å². The monoisotopic (exact) mass is 491 g/mol. The van der Waals surface area contributed by atoms with Crippen molar-refractivity contribution in [3.05, 3.63) is 77.0 Å². The van der Waals surface area contributed by atoms with Crippen LogP contribution in [0.3, 0.4) is 0 Å². The summed E-state index contributed by atoms with van der Waals surface area (Å²) in [6.45, 7) is 18.8. The van der Waals surface area contributed by atoms with Crippen molar-refractivity contribution < 1.29 is 9.22 Å². The summed E-state index contributed by atoms with van der Waals surface area (Å²) in [7, 11) is -1.91. The van der Waals surface area contributed by atoms with Crippen LogP contribution in [-0.4, -0.2) is 27.5 Å². The van der Waals surface area contributed by atoms with Gasteiger partial charge in [0.25, 0.3) is 0 Å². The van der Waals surface area contributed by atoms with Gasteiger partial charge in [-0.2, -0.15) is 4.48 Å². The zero-order valence-electron chi connectivity index (χ0n) is 22.8. The molecular weight excluding hydrogens is 448 g/mol. The van der Waals surface area contributed by atoms with Crippen LogP contribution in [0.5, 0.6) is 0 Å². The molecule has 0 saturated carbocycles. The Morgan fingerprint density at radius 1 is 1.03 bits per heavy atom. The number of nitrogens with two attached hydrogens (primary N) is 1. The first-order valence-corrected chi connectivity index (χ1v) is 15.5. The van der Waals surface area contributed by atoms with E-state index in [1.165, 1.54) is 11.1 Å². The summed E-state index contributed by atoms with van der Waals surface area (Å²) < 4.78 is 6.40. The van der Waals surface area contributed by atoms with E-state index in [1.54, 1.807) is 0 Å². The minimum Gasteiger partial charge on any atom is -0.411 e. The molecule has 0 aromatic heterocycles. The van der Waals surface area contributed by atoms with E-state index >= 15 is 0 Å². The Bertz CT molecular complexity index is 1120. The summed E-state index contributed by atoms with van der Waals surface area (Å²) in [6.07, 6.45) is 9.03. The molecule has 1 aliphatic heterocycles. The Hall–Kier alpha value is -2.47. The molecule has 2 aromatic rings. The summed E-state index contributed by atoms with van der Waals surface area (Å²) in [5.41, 5.74) is 11.8. The first-order valence-electron chi connectivity index (χ1n) is 12.6. The maximum atomic E-state index is 12.7. The van der Waals surface area contributed by atoms with Gasteiger partial charge in [-0.3, -0.25) is 0 Å². The molecular formula is C30H43N2O2Si+. The lowest BCUT2D eigenvalue weighted by molar-refractivity contribution is 0.208. The first kappa shape index (κ1) is 27.1. The second-order valence-corrected chi connectivity index (χ2v) is 17.0. The van der Waals surface area contributed by atoms with E-state index in [-0.39, 0.29) is 21.0 Å². The number of carbonyl (C=O) groups is 1. The standard InChI is InChI=1S/C30H42N2O2Si/c1-29(2,3)26-16-13-23(14-17-26)10-9-11-24-12-15-25-18-19-32(28(31)33,27(25)22-24)20-21-34-35(7,8)30(4,5)6/h9-10,12-19,22H,11,20-21H2,1-8H3,(H-,31,33)/p+1. The first-order chi connectivity index (χ1) is 16.2. The average Bonchev–Trinajstić information content (AvgIpc) is 3.12. The van der Waals surface area contributed by atoms with Gasteiger partial charge in [-0.15, -0.1) is 0 Å². The van der Waals surface area contributed by atoms with E-state index in [0.717, 1.165) is 23.2 Å². The quantitative estimate of drug-likeness (QED) is 0.320. The van der Waals surface area contributed by atoms with Crippen LogP contribution in [0.15, 0.2) is 54.7 Å². The van der Waals surface area contributed by atoms with Gasteiger partial charge >= 0.3 is 6.03 Å². The van der Waals surface area contributed by atoms with Crippen molar-refractivity contribution in [2.45, 2.75) is 71.5 Å². The number of hydrogen-bond donors (Lipinski definition) is 1. The molecule has 0 radical (unpaired) electrons. The number of benzene rings is 2. The Labute approximate surface area is 213 Å².